The summed E-state index contributed by atoms with van der Waals surface area (Å²) in [5.74, 6) is 0.371. The first kappa shape index (κ1) is 26.3. The van der Waals surface area contributed by atoms with Crippen molar-refractivity contribution in [2.75, 3.05) is 25.5 Å². The summed E-state index contributed by atoms with van der Waals surface area (Å²) in [6, 6.07) is 5.30. The molecular formula is C24H37N7O4S. The quantitative estimate of drug-likeness (QED) is 0.592. The fraction of sp³-hybridized carbons (Fsp3) is 0.667. The standard InChI is InChI=1S/C24H37N7O4S/c1-24(2,3)35-23(32)30-14-12-18(13-15-30)31-28-22(27-29-31)20-16-19(36(33,34)25-4)10-11-21(20)26-17-8-6-5-7-9-17/h10-11,16-18,25-26H,5-9,12-15H2,1-4H3. The van der Waals surface area contributed by atoms with Crippen LogP contribution in [0.3, 0.4) is 0 Å². The summed E-state index contributed by atoms with van der Waals surface area (Å²) in [7, 11) is -2.24. The van der Waals surface area contributed by atoms with Gasteiger partial charge in [0.05, 0.1) is 10.9 Å². The summed E-state index contributed by atoms with van der Waals surface area (Å²) in [5, 5.41) is 16.8. The number of aromatic nitrogens is 4. The molecular weight excluding hydrogens is 482 g/mol. The molecule has 1 aromatic heterocycles. The zero-order valence-corrected chi connectivity index (χ0v) is 22.3. The number of amides is 1. The van der Waals surface area contributed by atoms with Crippen LogP contribution in [0.2, 0.25) is 0 Å². The third-order valence-electron chi connectivity index (χ3n) is 6.65. The van der Waals surface area contributed by atoms with Gasteiger partial charge in [0.25, 0.3) is 0 Å². The normalized spacial score (nSPS) is 18.3. The largest absolute Gasteiger partial charge is 0.444 e. The average molecular weight is 520 g/mol. The molecule has 4 rings (SSSR count). The minimum Gasteiger partial charge on any atom is -0.444 e. The Balaban J connectivity index is 1.53. The van der Waals surface area contributed by atoms with Crippen molar-refractivity contribution in [2.45, 2.75) is 88.3 Å². The fourth-order valence-electron chi connectivity index (χ4n) is 4.68. The van der Waals surface area contributed by atoms with Crippen LogP contribution in [-0.4, -0.2) is 71.4 Å². The maximum atomic E-state index is 12.5. The highest BCUT2D eigenvalue weighted by Crippen LogP contribution is 2.32. The molecule has 2 aliphatic rings. The molecule has 0 radical (unpaired) electrons. The number of ether oxygens (including phenoxy) is 1. The Labute approximate surface area is 213 Å². The van der Waals surface area contributed by atoms with E-state index in [2.05, 4.69) is 25.4 Å². The molecule has 1 saturated heterocycles. The fourth-order valence-corrected chi connectivity index (χ4v) is 5.44. The summed E-state index contributed by atoms with van der Waals surface area (Å²) in [5.41, 5.74) is 0.875. The Kier molecular flexibility index (Phi) is 7.84. The predicted octanol–water partition coefficient (Wildman–Crippen LogP) is 3.56. The molecule has 0 atom stereocenters. The lowest BCUT2D eigenvalue weighted by Gasteiger charge is -2.32. The van der Waals surface area contributed by atoms with Crippen molar-refractivity contribution in [1.82, 2.24) is 29.8 Å². The number of carbonyl (C=O) groups is 1. The number of nitrogens with one attached hydrogen (secondary N) is 2. The minimum absolute atomic E-state index is 0.0103. The second-order valence-corrected chi connectivity index (χ2v) is 12.4. The van der Waals surface area contributed by atoms with Gasteiger partial charge in [0.1, 0.15) is 5.60 Å². The van der Waals surface area contributed by atoms with Gasteiger partial charge in [-0.2, -0.15) is 4.80 Å². The van der Waals surface area contributed by atoms with Crippen LogP contribution >= 0.6 is 0 Å². The number of nitrogens with zero attached hydrogens (tertiary/aromatic N) is 5. The molecule has 1 saturated carbocycles. The van der Waals surface area contributed by atoms with Gasteiger partial charge in [-0.1, -0.05) is 19.3 Å². The first-order valence-electron chi connectivity index (χ1n) is 12.7. The molecule has 198 valence electrons. The summed E-state index contributed by atoms with van der Waals surface area (Å²) in [6.07, 6.45) is 6.79. The molecule has 2 heterocycles. The van der Waals surface area contributed by atoms with Crippen molar-refractivity contribution in [1.29, 1.82) is 0 Å². The molecule has 12 heteroatoms. The van der Waals surface area contributed by atoms with Crippen LogP contribution < -0.4 is 10.0 Å². The molecule has 0 spiro atoms. The van der Waals surface area contributed by atoms with Crippen molar-refractivity contribution in [3.63, 3.8) is 0 Å². The van der Waals surface area contributed by atoms with E-state index in [9.17, 15) is 13.2 Å². The second-order valence-electron chi connectivity index (χ2n) is 10.5. The summed E-state index contributed by atoms with van der Waals surface area (Å²) in [4.78, 5) is 15.8. The Morgan fingerprint density at radius 3 is 2.42 bits per heavy atom. The van der Waals surface area contributed by atoms with E-state index in [4.69, 9.17) is 4.74 Å². The number of rotatable bonds is 6. The molecule has 0 bridgehead atoms. The monoisotopic (exact) mass is 519 g/mol. The van der Waals surface area contributed by atoms with Gasteiger partial charge >= 0.3 is 6.09 Å². The number of likely N-dealkylation sites (tertiary alicyclic amines) is 1. The van der Waals surface area contributed by atoms with Gasteiger partial charge in [-0.3, -0.25) is 0 Å². The van der Waals surface area contributed by atoms with E-state index >= 15 is 0 Å². The Bertz CT molecular complexity index is 1160. The highest BCUT2D eigenvalue weighted by molar-refractivity contribution is 7.89. The van der Waals surface area contributed by atoms with E-state index in [-0.39, 0.29) is 17.0 Å². The number of hydrogen-bond acceptors (Lipinski definition) is 8. The average Bonchev–Trinajstić information content (AvgIpc) is 3.34. The zero-order valence-electron chi connectivity index (χ0n) is 21.5. The van der Waals surface area contributed by atoms with E-state index in [1.54, 1.807) is 27.9 Å². The Hall–Kier alpha value is -2.73. The molecule has 2 aromatic rings. The van der Waals surface area contributed by atoms with Crippen molar-refractivity contribution >= 4 is 21.8 Å². The van der Waals surface area contributed by atoms with Gasteiger partial charge in [0.15, 0.2) is 0 Å². The van der Waals surface area contributed by atoms with Crippen LogP contribution in [0, 0.1) is 0 Å². The molecule has 2 N–H and O–H groups in total. The molecule has 0 unspecified atom stereocenters. The number of anilines is 1. The van der Waals surface area contributed by atoms with Crippen molar-refractivity contribution in [3.05, 3.63) is 18.2 Å². The van der Waals surface area contributed by atoms with Crippen LogP contribution in [0.1, 0.15) is 71.8 Å². The number of sulfonamides is 1. The molecule has 1 aliphatic heterocycles. The van der Waals surface area contributed by atoms with E-state index < -0.39 is 15.6 Å². The van der Waals surface area contributed by atoms with E-state index in [1.165, 1.54) is 26.3 Å². The van der Waals surface area contributed by atoms with Crippen LogP contribution in [0.5, 0.6) is 0 Å². The van der Waals surface area contributed by atoms with E-state index in [0.29, 0.717) is 43.4 Å². The summed E-state index contributed by atoms with van der Waals surface area (Å²) >= 11 is 0. The smallest absolute Gasteiger partial charge is 0.410 e. The Morgan fingerprint density at radius 1 is 1.08 bits per heavy atom. The lowest BCUT2D eigenvalue weighted by atomic mass is 9.95. The predicted molar refractivity (Wildman–Crippen MR) is 136 cm³/mol. The van der Waals surface area contributed by atoms with Gasteiger partial charge in [-0.05, 0) is 76.9 Å². The van der Waals surface area contributed by atoms with Crippen molar-refractivity contribution in [3.8, 4) is 11.4 Å². The first-order valence-corrected chi connectivity index (χ1v) is 14.2. The maximum Gasteiger partial charge on any atom is 0.410 e. The van der Waals surface area contributed by atoms with Gasteiger partial charge in [0, 0.05) is 30.4 Å². The third kappa shape index (κ3) is 6.33. The van der Waals surface area contributed by atoms with Gasteiger partial charge in [0.2, 0.25) is 15.8 Å². The van der Waals surface area contributed by atoms with Crippen LogP contribution in [0.15, 0.2) is 23.1 Å². The number of piperidine rings is 1. The highest BCUT2D eigenvalue weighted by atomic mass is 32.2. The lowest BCUT2D eigenvalue weighted by Crippen LogP contribution is -2.42. The second kappa shape index (κ2) is 10.7. The molecule has 1 aliphatic carbocycles. The van der Waals surface area contributed by atoms with Crippen LogP contribution in [0.4, 0.5) is 10.5 Å². The molecule has 1 aromatic carbocycles. The molecule has 1 amide bonds. The molecule has 36 heavy (non-hydrogen) atoms. The number of hydrogen-bond donors (Lipinski definition) is 2. The topological polar surface area (TPSA) is 131 Å². The zero-order chi connectivity index (χ0) is 25.9. The van der Waals surface area contributed by atoms with Crippen LogP contribution in [0.25, 0.3) is 11.4 Å². The van der Waals surface area contributed by atoms with Gasteiger partial charge < -0.3 is 15.0 Å². The van der Waals surface area contributed by atoms with Gasteiger partial charge in [-0.25, -0.2) is 17.9 Å². The minimum atomic E-state index is -3.63. The van der Waals surface area contributed by atoms with E-state index in [0.717, 1.165) is 18.5 Å². The van der Waals surface area contributed by atoms with E-state index in [1.807, 2.05) is 20.8 Å². The first-order chi connectivity index (χ1) is 17.1. The maximum absolute atomic E-state index is 12.5. The highest BCUT2D eigenvalue weighted by Gasteiger charge is 2.29. The summed E-state index contributed by atoms with van der Waals surface area (Å²) < 4.78 is 32.8. The summed E-state index contributed by atoms with van der Waals surface area (Å²) in [6.45, 7) is 6.65. The van der Waals surface area contributed by atoms with Crippen molar-refractivity contribution < 1.29 is 17.9 Å². The third-order valence-corrected chi connectivity index (χ3v) is 8.06. The van der Waals surface area contributed by atoms with Gasteiger partial charge in [-0.15, -0.1) is 10.2 Å². The lowest BCUT2D eigenvalue weighted by molar-refractivity contribution is 0.0179. The number of tetrazole rings is 1. The molecule has 2 fully saturated rings. The Morgan fingerprint density at radius 2 is 1.78 bits per heavy atom. The number of carbonyl (C=O) groups excluding carboxylic acids is 1. The van der Waals surface area contributed by atoms with Crippen LogP contribution in [-0.2, 0) is 14.8 Å². The SMILES string of the molecule is CNS(=O)(=O)c1ccc(NC2CCCCC2)c(-c2nnn(C3CCN(C(=O)OC(C)(C)C)CC3)n2)c1. The molecule has 11 nitrogen and oxygen atoms in total. The number of benzene rings is 1. The van der Waals surface area contributed by atoms with Crippen molar-refractivity contribution in [2.24, 2.45) is 0 Å².